The summed E-state index contributed by atoms with van der Waals surface area (Å²) in [7, 11) is -4.03. The van der Waals surface area contributed by atoms with Gasteiger partial charge in [-0.15, -0.1) is 0 Å². The average molecular weight is 467 g/mol. The molecule has 1 aromatic heterocycles. The van der Waals surface area contributed by atoms with E-state index in [2.05, 4.69) is 20.0 Å². The molecule has 0 spiro atoms. The van der Waals surface area contributed by atoms with E-state index in [-0.39, 0.29) is 27.7 Å². The Bertz CT molecular complexity index is 1390. The Morgan fingerprint density at radius 2 is 1.66 bits per heavy atom. The second-order valence-corrected chi connectivity index (χ2v) is 9.17. The van der Waals surface area contributed by atoms with E-state index in [0.717, 1.165) is 5.56 Å². The molecule has 0 saturated heterocycles. The second kappa shape index (κ2) is 8.94. The summed E-state index contributed by atoms with van der Waals surface area (Å²) in [5.74, 6) is -0.413. The zero-order valence-corrected chi connectivity index (χ0v) is 18.6. The Hall–Kier alpha value is -3.49. The quantitative estimate of drug-likeness (QED) is 0.433. The van der Waals surface area contributed by atoms with Crippen LogP contribution >= 0.6 is 11.6 Å². The molecule has 0 saturated carbocycles. The highest BCUT2D eigenvalue weighted by molar-refractivity contribution is 7.93. The minimum atomic E-state index is -4.03. The third kappa shape index (κ3) is 4.56. The van der Waals surface area contributed by atoms with Gasteiger partial charge in [-0.3, -0.25) is 19.5 Å². The van der Waals surface area contributed by atoms with Crippen LogP contribution in [-0.2, 0) is 10.0 Å². The first-order valence-corrected chi connectivity index (χ1v) is 11.6. The van der Waals surface area contributed by atoms with Gasteiger partial charge in [-0.25, -0.2) is 8.42 Å². The summed E-state index contributed by atoms with van der Waals surface area (Å²) in [6.45, 7) is 1.84. The van der Waals surface area contributed by atoms with Crippen LogP contribution < -0.4 is 10.0 Å². The first-order valence-electron chi connectivity index (χ1n) is 9.73. The van der Waals surface area contributed by atoms with Crippen LogP contribution in [0.5, 0.6) is 0 Å². The molecule has 0 aliphatic rings. The number of carbonyl (C=O) groups excluding carboxylic acids is 1. The molecule has 0 fully saturated rings. The summed E-state index contributed by atoms with van der Waals surface area (Å²) < 4.78 is 28.8. The maximum atomic E-state index is 13.1. The van der Waals surface area contributed by atoms with Crippen LogP contribution in [0.2, 0.25) is 5.02 Å². The largest absolute Gasteiger partial charge is 0.345 e. The van der Waals surface area contributed by atoms with E-state index in [1.54, 1.807) is 42.5 Å². The number of hydrogen-bond donors (Lipinski definition) is 2. The van der Waals surface area contributed by atoms with Crippen molar-refractivity contribution in [2.45, 2.75) is 17.9 Å². The summed E-state index contributed by atoms with van der Waals surface area (Å²) in [6.07, 6.45) is 2.93. The van der Waals surface area contributed by atoms with Gasteiger partial charge in [0.1, 0.15) is 10.4 Å². The maximum Gasteiger partial charge on any atom is 0.264 e. The fourth-order valence-corrected chi connectivity index (χ4v) is 4.64. The lowest BCUT2D eigenvalue weighted by molar-refractivity contribution is 0.0941. The smallest absolute Gasteiger partial charge is 0.264 e. The van der Waals surface area contributed by atoms with Crippen LogP contribution in [0.4, 0.5) is 5.69 Å². The molecule has 4 rings (SSSR count). The summed E-state index contributed by atoms with van der Waals surface area (Å²) in [6, 6.07) is 18.0. The number of hydrogen-bond acceptors (Lipinski definition) is 5. The molecule has 32 heavy (non-hydrogen) atoms. The number of benzene rings is 3. The normalized spacial score (nSPS) is 12.3. The van der Waals surface area contributed by atoms with E-state index in [1.165, 1.54) is 24.5 Å². The van der Waals surface area contributed by atoms with Crippen molar-refractivity contribution in [1.82, 2.24) is 15.3 Å². The Morgan fingerprint density at radius 3 is 2.44 bits per heavy atom. The minimum absolute atomic E-state index is 0.0205. The monoisotopic (exact) mass is 466 g/mol. The van der Waals surface area contributed by atoms with Crippen molar-refractivity contribution in [1.29, 1.82) is 0 Å². The highest BCUT2D eigenvalue weighted by atomic mass is 35.5. The molecule has 1 amide bonds. The van der Waals surface area contributed by atoms with Gasteiger partial charge in [-0.2, -0.15) is 0 Å². The Kier molecular flexibility index (Phi) is 6.07. The zero-order chi connectivity index (χ0) is 22.7. The fraction of sp³-hybridized carbons (Fsp3) is 0.0870. The van der Waals surface area contributed by atoms with E-state index < -0.39 is 15.9 Å². The van der Waals surface area contributed by atoms with Gasteiger partial charge in [-0.1, -0.05) is 41.9 Å². The lowest BCUT2D eigenvalue weighted by Gasteiger charge is -2.17. The van der Waals surface area contributed by atoms with Gasteiger partial charge in [0.25, 0.3) is 15.9 Å². The predicted molar refractivity (Wildman–Crippen MR) is 124 cm³/mol. The van der Waals surface area contributed by atoms with Crippen LogP contribution in [-0.4, -0.2) is 24.3 Å². The van der Waals surface area contributed by atoms with E-state index in [9.17, 15) is 13.2 Å². The van der Waals surface area contributed by atoms with Crippen molar-refractivity contribution in [2.75, 3.05) is 4.72 Å². The van der Waals surface area contributed by atoms with Crippen molar-refractivity contribution in [3.63, 3.8) is 0 Å². The molecule has 0 bridgehead atoms. The van der Waals surface area contributed by atoms with Gasteiger partial charge in [0, 0.05) is 17.4 Å². The zero-order valence-electron chi connectivity index (χ0n) is 17.0. The lowest BCUT2D eigenvalue weighted by Crippen LogP contribution is -2.28. The summed E-state index contributed by atoms with van der Waals surface area (Å²) in [5, 5.41) is 3.49. The third-order valence-corrected chi connectivity index (χ3v) is 6.53. The molecule has 3 aromatic carbocycles. The average Bonchev–Trinajstić information content (AvgIpc) is 2.79. The highest BCUT2D eigenvalue weighted by Crippen LogP contribution is 2.25. The third-order valence-electron chi connectivity index (χ3n) is 4.88. The van der Waals surface area contributed by atoms with Crippen molar-refractivity contribution in [3.05, 3.63) is 95.3 Å². The van der Waals surface area contributed by atoms with Crippen LogP contribution in [0.25, 0.3) is 11.0 Å². The van der Waals surface area contributed by atoms with Crippen LogP contribution in [0.15, 0.2) is 84.0 Å². The SMILES string of the molecule is CC(NC(=O)c1ccccc1NS(=O)(=O)c1cccc2nccnc12)c1ccc(Cl)cc1. The summed E-state index contributed by atoms with van der Waals surface area (Å²) in [4.78, 5) is 21.2. The molecule has 7 nitrogen and oxygen atoms in total. The molecule has 0 radical (unpaired) electrons. The standard InChI is InChI=1S/C23H19ClN4O3S/c1-15(16-9-11-17(24)12-10-16)27-23(29)18-5-2-3-6-19(18)28-32(30,31)21-8-4-7-20-22(21)26-14-13-25-20/h2-15,28H,1H3,(H,27,29). The molecule has 1 unspecified atom stereocenters. The van der Waals surface area contributed by atoms with E-state index >= 15 is 0 Å². The van der Waals surface area contributed by atoms with Crippen molar-refractivity contribution in [3.8, 4) is 0 Å². The number of fused-ring (bicyclic) bond motifs is 1. The number of nitrogens with zero attached hydrogens (tertiary/aromatic N) is 2. The molecule has 1 atom stereocenters. The first-order chi connectivity index (χ1) is 15.3. The maximum absolute atomic E-state index is 13.1. The number of halogens is 1. The van der Waals surface area contributed by atoms with Crippen molar-refractivity contribution < 1.29 is 13.2 Å². The lowest BCUT2D eigenvalue weighted by atomic mass is 10.1. The number of amides is 1. The Balaban J connectivity index is 1.62. The molecule has 162 valence electrons. The number of aromatic nitrogens is 2. The van der Waals surface area contributed by atoms with Crippen LogP contribution in [0.3, 0.4) is 0 Å². The number of nitrogens with one attached hydrogen (secondary N) is 2. The minimum Gasteiger partial charge on any atom is -0.345 e. The van der Waals surface area contributed by atoms with Gasteiger partial charge in [0.05, 0.1) is 22.8 Å². The van der Waals surface area contributed by atoms with Crippen molar-refractivity contribution >= 4 is 44.3 Å². The Morgan fingerprint density at radius 1 is 0.938 bits per heavy atom. The first kappa shape index (κ1) is 21.7. The topological polar surface area (TPSA) is 101 Å². The van der Waals surface area contributed by atoms with Gasteiger partial charge in [0.2, 0.25) is 0 Å². The number of anilines is 1. The molecular formula is C23H19ClN4O3S. The summed E-state index contributed by atoms with van der Waals surface area (Å²) >= 11 is 5.93. The number of carbonyl (C=O) groups is 1. The molecule has 0 aliphatic heterocycles. The molecule has 1 heterocycles. The molecule has 2 N–H and O–H groups in total. The van der Waals surface area contributed by atoms with E-state index in [1.807, 2.05) is 19.1 Å². The van der Waals surface area contributed by atoms with Crippen LogP contribution in [0.1, 0.15) is 28.9 Å². The molecular weight excluding hydrogens is 448 g/mol. The van der Waals surface area contributed by atoms with E-state index in [4.69, 9.17) is 11.6 Å². The number of para-hydroxylation sites is 2. The van der Waals surface area contributed by atoms with E-state index in [0.29, 0.717) is 10.5 Å². The number of rotatable bonds is 6. The number of sulfonamides is 1. The van der Waals surface area contributed by atoms with Crippen LogP contribution in [0, 0.1) is 0 Å². The van der Waals surface area contributed by atoms with Gasteiger partial charge >= 0.3 is 0 Å². The fourth-order valence-electron chi connectivity index (χ4n) is 3.26. The molecule has 0 aliphatic carbocycles. The molecule has 4 aromatic rings. The highest BCUT2D eigenvalue weighted by Gasteiger charge is 2.22. The summed E-state index contributed by atoms with van der Waals surface area (Å²) in [5.41, 5.74) is 1.94. The second-order valence-electron chi connectivity index (χ2n) is 7.08. The van der Waals surface area contributed by atoms with Gasteiger partial charge in [0.15, 0.2) is 0 Å². The molecule has 9 heteroatoms. The predicted octanol–water partition coefficient (Wildman–Crippen LogP) is 4.58. The Labute approximate surface area is 190 Å². The van der Waals surface area contributed by atoms with Gasteiger partial charge in [-0.05, 0) is 48.9 Å². The van der Waals surface area contributed by atoms with Gasteiger partial charge < -0.3 is 5.32 Å². The van der Waals surface area contributed by atoms with Crippen molar-refractivity contribution in [2.24, 2.45) is 0 Å².